The summed E-state index contributed by atoms with van der Waals surface area (Å²) in [6, 6.07) is 5.55. The minimum Gasteiger partial charge on any atom is -0.396 e. The second-order valence-electron chi connectivity index (χ2n) is 4.36. The predicted molar refractivity (Wildman–Crippen MR) is 73.6 cm³/mol. The Labute approximate surface area is 113 Å². The molecule has 0 fully saturated rings. The number of unbranched alkanes of at least 4 members (excludes halogenated alkanes) is 1. The third-order valence-corrected chi connectivity index (χ3v) is 2.73. The molecule has 0 radical (unpaired) electrons. The van der Waals surface area contributed by atoms with Crippen LogP contribution in [0.3, 0.4) is 0 Å². The van der Waals surface area contributed by atoms with Crippen LogP contribution in [0.5, 0.6) is 0 Å². The van der Waals surface area contributed by atoms with Gasteiger partial charge in [-0.15, -0.1) is 0 Å². The molecule has 0 aliphatic heterocycles. The van der Waals surface area contributed by atoms with Crippen molar-refractivity contribution < 1.29 is 14.3 Å². The number of halogens is 1. The van der Waals surface area contributed by atoms with Crippen LogP contribution in [0, 0.1) is 5.82 Å². The van der Waals surface area contributed by atoms with E-state index in [9.17, 15) is 9.18 Å². The highest BCUT2D eigenvalue weighted by Gasteiger charge is 2.12. The maximum absolute atomic E-state index is 13.0. The maximum atomic E-state index is 13.0. The molecule has 2 N–H and O–H groups in total. The zero-order valence-corrected chi connectivity index (χ0v) is 11.2. The highest BCUT2D eigenvalue weighted by Crippen LogP contribution is 2.10. The molecular formula is C14H21FN2O2. The minimum atomic E-state index is -0.381. The zero-order valence-electron chi connectivity index (χ0n) is 11.2. The van der Waals surface area contributed by atoms with Crippen molar-refractivity contribution in [2.24, 2.45) is 0 Å². The van der Waals surface area contributed by atoms with Crippen molar-refractivity contribution in [2.75, 3.05) is 25.0 Å². The van der Waals surface area contributed by atoms with E-state index in [-0.39, 0.29) is 18.5 Å². The van der Waals surface area contributed by atoms with Gasteiger partial charge in [-0.3, -0.25) is 0 Å². The largest absolute Gasteiger partial charge is 0.396 e. The summed E-state index contributed by atoms with van der Waals surface area (Å²) in [7, 11) is 0. The highest BCUT2D eigenvalue weighted by molar-refractivity contribution is 5.89. The number of aliphatic hydroxyl groups is 1. The van der Waals surface area contributed by atoms with Crippen LogP contribution in [0.25, 0.3) is 0 Å². The predicted octanol–water partition coefficient (Wildman–Crippen LogP) is 2.84. The van der Waals surface area contributed by atoms with E-state index >= 15 is 0 Å². The van der Waals surface area contributed by atoms with Crippen molar-refractivity contribution in [3.63, 3.8) is 0 Å². The van der Waals surface area contributed by atoms with Gasteiger partial charge in [0.2, 0.25) is 0 Å². The third kappa shape index (κ3) is 5.70. The maximum Gasteiger partial charge on any atom is 0.321 e. The minimum absolute atomic E-state index is 0.0515. The Balaban J connectivity index is 2.59. The molecule has 0 aliphatic carbocycles. The molecule has 1 aromatic rings. The van der Waals surface area contributed by atoms with Crippen molar-refractivity contribution in [3.05, 3.63) is 30.1 Å². The SMILES string of the molecule is CCCCN(CCCO)C(=O)Nc1cccc(F)c1. The number of benzene rings is 1. The van der Waals surface area contributed by atoms with Crippen LogP contribution in [0.15, 0.2) is 24.3 Å². The third-order valence-electron chi connectivity index (χ3n) is 2.73. The fourth-order valence-electron chi connectivity index (χ4n) is 1.69. The summed E-state index contributed by atoms with van der Waals surface area (Å²) in [4.78, 5) is 13.7. The van der Waals surface area contributed by atoms with Gasteiger partial charge in [0, 0.05) is 25.4 Å². The van der Waals surface area contributed by atoms with Gasteiger partial charge in [-0.1, -0.05) is 19.4 Å². The van der Waals surface area contributed by atoms with Crippen molar-refractivity contribution in [2.45, 2.75) is 26.2 Å². The molecule has 0 bridgehead atoms. The summed E-state index contributed by atoms with van der Waals surface area (Å²) < 4.78 is 13.0. The van der Waals surface area contributed by atoms with Gasteiger partial charge in [0.05, 0.1) is 0 Å². The lowest BCUT2D eigenvalue weighted by Crippen LogP contribution is -2.36. The number of nitrogens with zero attached hydrogens (tertiary/aromatic N) is 1. The zero-order chi connectivity index (χ0) is 14.1. The van der Waals surface area contributed by atoms with Crippen molar-refractivity contribution in [1.29, 1.82) is 0 Å². The van der Waals surface area contributed by atoms with Crippen LogP contribution in [0.4, 0.5) is 14.9 Å². The van der Waals surface area contributed by atoms with Crippen molar-refractivity contribution in [1.82, 2.24) is 4.90 Å². The van der Waals surface area contributed by atoms with Crippen molar-refractivity contribution in [3.8, 4) is 0 Å². The van der Waals surface area contributed by atoms with E-state index in [1.54, 1.807) is 17.0 Å². The number of anilines is 1. The van der Waals surface area contributed by atoms with Crippen molar-refractivity contribution >= 4 is 11.7 Å². The molecule has 106 valence electrons. The number of urea groups is 1. The van der Waals surface area contributed by atoms with Gasteiger partial charge in [-0.25, -0.2) is 9.18 Å². The van der Waals surface area contributed by atoms with E-state index in [0.717, 1.165) is 12.8 Å². The smallest absolute Gasteiger partial charge is 0.321 e. The van der Waals surface area contributed by atoms with E-state index in [4.69, 9.17) is 5.11 Å². The van der Waals surface area contributed by atoms with Crippen LogP contribution in [-0.2, 0) is 0 Å². The van der Waals surface area contributed by atoms with Gasteiger partial charge in [-0.05, 0) is 31.0 Å². The number of nitrogens with one attached hydrogen (secondary N) is 1. The monoisotopic (exact) mass is 268 g/mol. The molecule has 0 aromatic heterocycles. The van der Waals surface area contributed by atoms with E-state index in [2.05, 4.69) is 12.2 Å². The van der Waals surface area contributed by atoms with E-state index in [0.29, 0.717) is 25.2 Å². The molecule has 2 amide bonds. The molecule has 0 unspecified atom stereocenters. The average molecular weight is 268 g/mol. The first-order chi connectivity index (χ1) is 9.17. The summed E-state index contributed by atoms with van der Waals surface area (Å²) in [5.41, 5.74) is 0.440. The Morgan fingerprint density at radius 2 is 2.11 bits per heavy atom. The van der Waals surface area contributed by atoms with Gasteiger partial charge < -0.3 is 15.3 Å². The highest BCUT2D eigenvalue weighted by atomic mass is 19.1. The molecule has 19 heavy (non-hydrogen) atoms. The lowest BCUT2D eigenvalue weighted by atomic mass is 10.3. The Bertz CT molecular complexity index is 391. The van der Waals surface area contributed by atoms with Gasteiger partial charge in [0.25, 0.3) is 0 Å². The Kier molecular flexibility index (Phi) is 6.89. The molecule has 0 spiro atoms. The fourth-order valence-corrected chi connectivity index (χ4v) is 1.69. The first-order valence-corrected chi connectivity index (χ1v) is 6.59. The quantitative estimate of drug-likeness (QED) is 0.799. The van der Waals surface area contributed by atoms with E-state index in [1.165, 1.54) is 12.1 Å². The number of rotatable bonds is 7. The molecular weight excluding hydrogens is 247 g/mol. The van der Waals surface area contributed by atoms with Crippen LogP contribution < -0.4 is 5.32 Å². The molecule has 0 aliphatic rings. The average Bonchev–Trinajstić information content (AvgIpc) is 2.38. The first kappa shape index (κ1) is 15.4. The molecule has 0 saturated heterocycles. The number of hydrogen-bond donors (Lipinski definition) is 2. The number of carbonyl (C=O) groups is 1. The fraction of sp³-hybridized carbons (Fsp3) is 0.500. The van der Waals surface area contributed by atoms with Crippen LogP contribution in [-0.4, -0.2) is 35.7 Å². The second kappa shape index (κ2) is 8.48. The van der Waals surface area contributed by atoms with Gasteiger partial charge in [0.1, 0.15) is 5.82 Å². The second-order valence-corrected chi connectivity index (χ2v) is 4.36. The number of amides is 2. The molecule has 1 aromatic carbocycles. The Morgan fingerprint density at radius 3 is 2.74 bits per heavy atom. The molecule has 5 heteroatoms. The summed E-state index contributed by atoms with van der Waals surface area (Å²) in [5.74, 6) is -0.381. The molecule has 0 saturated carbocycles. The summed E-state index contributed by atoms with van der Waals surface area (Å²) in [6.07, 6.45) is 2.44. The summed E-state index contributed by atoms with van der Waals surface area (Å²) in [5, 5.41) is 11.5. The van der Waals surface area contributed by atoms with E-state index in [1.807, 2.05) is 0 Å². The summed E-state index contributed by atoms with van der Waals surface area (Å²) in [6.45, 7) is 3.24. The number of carbonyl (C=O) groups excluding carboxylic acids is 1. The van der Waals surface area contributed by atoms with Crippen LogP contribution in [0.1, 0.15) is 26.2 Å². The lowest BCUT2D eigenvalue weighted by Gasteiger charge is -2.22. The van der Waals surface area contributed by atoms with Crippen LogP contribution in [0.2, 0.25) is 0 Å². The van der Waals surface area contributed by atoms with Gasteiger partial charge in [-0.2, -0.15) is 0 Å². The molecule has 1 rings (SSSR count). The Hall–Kier alpha value is -1.62. The topological polar surface area (TPSA) is 52.6 Å². The molecule has 0 atom stereocenters. The first-order valence-electron chi connectivity index (χ1n) is 6.59. The van der Waals surface area contributed by atoms with Gasteiger partial charge in [0.15, 0.2) is 0 Å². The molecule has 0 heterocycles. The standard InChI is InChI=1S/C14H21FN2O2/c1-2-3-8-17(9-5-10-18)14(19)16-13-7-4-6-12(15)11-13/h4,6-7,11,18H,2-3,5,8-10H2,1H3,(H,16,19). The van der Waals surface area contributed by atoms with Crippen LogP contribution >= 0.6 is 0 Å². The number of aliphatic hydroxyl groups excluding tert-OH is 1. The normalized spacial score (nSPS) is 10.3. The molecule has 4 nitrogen and oxygen atoms in total. The van der Waals surface area contributed by atoms with E-state index < -0.39 is 0 Å². The summed E-state index contributed by atoms with van der Waals surface area (Å²) >= 11 is 0. The lowest BCUT2D eigenvalue weighted by molar-refractivity contribution is 0.201. The Morgan fingerprint density at radius 1 is 1.37 bits per heavy atom. The van der Waals surface area contributed by atoms with Gasteiger partial charge >= 0.3 is 6.03 Å². The number of hydrogen-bond acceptors (Lipinski definition) is 2.